The van der Waals surface area contributed by atoms with Crippen molar-refractivity contribution in [3.8, 4) is 11.8 Å². The molecule has 0 saturated heterocycles. The van der Waals surface area contributed by atoms with Crippen molar-refractivity contribution in [1.29, 1.82) is 5.26 Å². The molecule has 1 heterocycles. The van der Waals surface area contributed by atoms with Gasteiger partial charge in [-0.05, 0) is 62.1 Å². The van der Waals surface area contributed by atoms with Crippen LogP contribution in [0.1, 0.15) is 43.2 Å². The Labute approximate surface area is 204 Å². The number of dihydropyridines is 1. The molecule has 1 atom stereocenters. The van der Waals surface area contributed by atoms with Gasteiger partial charge >= 0.3 is 0 Å². The number of hydrogen-bond donors (Lipinski definition) is 2. The molecule has 6 nitrogen and oxygen atoms in total. The van der Waals surface area contributed by atoms with Gasteiger partial charge in [-0.2, -0.15) is 5.26 Å². The lowest BCUT2D eigenvalue weighted by atomic mass is 9.77. The number of thioether (sulfide) groups is 1. The second-order valence-electron chi connectivity index (χ2n) is 8.29. The third-order valence-corrected chi connectivity index (χ3v) is 6.85. The van der Waals surface area contributed by atoms with Crippen LogP contribution in [0.25, 0.3) is 0 Å². The number of aryl methyl sites for hydroxylation is 1. The van der Waals surface area contributed by atoms with Crippen molar-refractivity contribution in [3.63, 3.8) is 0 Å². The molecule has 2 N–H and O–H groups in total. The fourth-order valence-electron chi connectivity index (χ4n) is 4.35. The lowest BCUT2D eigenvalue weighted by Gasteiger charge is -2.33. The van der Waals surface area contributed by atoms with E-state index in [1.165, 1.54) is 11.8 Å². The fourth-order valence-corrected chi connectivity index (χ4v) is 5.21. The lowest BCUT2D eigenvalue weighted by Crippen LogP contribution is -2.31. The Morgan fingerprint density at radius 3 is 2.74 bits per heavy atom. The van der Waals surface area contributed by atoms with Gasteiger partial charge in [-0.15, -0.1) is 0 Å². The van der Waals surface area contributed by atoms with Gasteiger partial charge < -0.3 is 15.4 Å². The first-order valence-corrected chi connectivity index (χ1v) is 12.4. The molecule has 0 saturated carbocycles. The highest BCUT2D eigenvalue weighted by Gasteiger charge is 2.37. The normalized spacial score (nSPS) is 17.6. The number of Topliss-reactive ketones (excluding diaryl/α,β-unsaturated/α-hetero) is 1. The number of ether oxygens (including phenoxy) is 1. The minimum Gasteiger partial charge on any atom is -0.494 e. The van der Waals surface area contributed by atoms with Crippen molar-refractivity contribution in [2.24, 2.45) is 0 Å². The number of allylic oxidation sites excluding steroid dienone is 3. The van der Waals surface area contributed by atoms with Gasteiger partial charge in [-0.1, -0.05) is 36.0 Å². The SMILES string of the molecule is CCOc1ccc(C2C(C#N)=C(SCC(=O)Nc3cccc(C)c3)NC3=C2C(=O)CCC3)cc1. The van der Waals surface area contributed by atoms with Crippen LogP contribution in [-0.2, 0) is 9.59 Å². The van der Waals surface area contributed by atoms with Gasteiger partial charge in [0.1, 0.15) is 5.75 Å². The van der Waals surface area contributed by atoms with Gasteiger partial charge in [0.05, 0.1) is 34.9 Å². The van der Waals surface area contributed by atoms with Crippen LogP contribution in [0.4, 0.5) is 5.69 Å². The summed E-state index contributed by atoms with van der Waals surface area (Å²) in [4.78, 5) is 25.5. The quantitative estimate of drug-likeness (QED) is 0.575. The van der Waals surface area contributed by atoms with Gasteiger partial charge in [0, 0.05) is 23.4 Å². The van der Waals surface area contributed by atoms with Crippen molar-refractivity contribution < 1.29 is 14.3 Å². The van der Waals surface area contributed by atoms with Crippen molar-refractivity contribution in [2.75, 3.05) is 17.7 Å². The summed E-state index contributed by atoms with van der Waals surface area (Å²) in [6.45, 7) is 4.46. The number of rotatable bonds is 7. The number of nitrogens with one attached hydrogen (secondary N) is 2. The van der Waals surface area contributed by atoms with Crippen LogP contribution in [0.15, 0.2) is 70.4 Å². The molecule has 2 aromatic rings. The summed E-state index contributed by atoms with van der Waals surface area (Å²) in [6, 6.07) is 17.5. The maximum Gasteiger partial charge on any atom is 0.234 e. The van der Waals surface area contributed by atoms with Gasteiger partial charge in [-0.25, -0.2) is 0 Å². The van der Waals surface area contributed by atoms with E-state index in [2.05, 4.69) is 16.7 Å². The number of anilines is 1. The molecule has 0 fully saturated rings. The number of nitrogens with zero attached hydrogens (tertiary/aromatic N) is 1. The molecule has 1 amide bonds. The second kappa shape index (κ2) is 10.6. The molecule has 7 heteroatoms. The number of ketones is 1. The predicted octanol–water partition coefficient (Wildman–Crippen LogP) is 5.19. The first-order chi connectivity index (χ1) is 16.5. The third kappa shape index (κ3) is 5.18. The molecule has 2 aliphatic rings. The Morgan fingerprint density at radius 2 is 2.03 bits per heavy atom. The Kier molecular flexibility index (Phi) is 7.39. The molecule has 0 aromatic heterocycles. The number of benzene rings is 2. The molecule has 34 heavy (non-hydrogen) atoms. The summed E-state index contributed by atoms with van der Waals surface area (Å²) in [7, 11) is 0. The second-order valence-corrected chi connectivity index (χ2v) is 9.28. The topological polar surface area (TPSA) is 91.2 Å². The van der Waals surface area contributed by atoms with E-state index >= 15 is 0 Å². The van der Waals surface area contributed by atoms with E-state index in [0.717, 1.165) is 41.1 Å². The average Bonchev–Trinajstić information content (AvgIpc) is 2.83. The molecule has 0 spiro atoms. The fraction of sp³-hybridized carbons (Fsp3) is 0.296. The monoisotopic (exact) mass is 473 g/mol. The smallest absolute Gasteiger partial charge is 0.234 e. The minimum absolute atomic E-state index is 0.0709. The largest absolute Gasteiger partial charge is 0.494 e. The summed E-state index contributed by atoms with van der Waals surface area (Å²) < 4.78 is 5.55. The summed E-state index contributed by atoms with van der Waals surface area (Å²) in [5.41, 5.74) is 4.66. The predicted molar refractivity (Wildman–Crippen MR) is 134 cm³/mol. The van der Waals surface area contributed by atoms with E-state index in [1.807, 2.05) is 62.4 Å². The van der Waals surface area contributed by atoms with E-state index < -0.39 is 5.92 Å². The van der Waals surface area contributed by atoms with Crippen LogP contribution in [0.3, 0.4) is 0 Å². The lowest BCUT2D eigenvalue weighted by molar-refractivity contribution is -0.116. The Balaban J connectivity index is 1.60. The maximum atomic E-state index is 12.9. The molecule has 0 radical (unpaired) electrons. The minimum atomic E-state index is -0.452. The van der Waals surface area contributed by atoms with E-state index in [0.29, 0.717) is 29.2 Å². The third-order valence-electron chi connectivity index (χ3n) is 5.84. The van der Waals surface area contributed by atoms with Crippen molar-refractivity contribution in [1.82, 2.24) is 5.32 Å². The van der Waals surface area contributed by atoms with Gasteiger partial charge in [0.25, 0.3) is 0 Å². The standard InChI is InChI=1S/C27H27N3O3S/c1-3-33-20-12-10-18(11-13-20)25-21(15-28)27(30-22-8-5-9-23(31)26(22)25)34-16-24(32)29-19-7-4-6-17(2)14-19/h4,6-7,10-14,25,30H,3,5,8-9,16H2,1-2H3,(H,29,32). The number of hydrogen-bond acceptors (Lipinski definition) is 6. The summed E-state index contributed by atoms with van der Waals surface area (Å²) in [6.07, 6.45) is 2.00. The Bertz CT molecular complexity index is 1210. The summed E-state index contributed by atoms with van der Waals surface area (Å²) >= 11 is 1.29. The van der Waals surface area contributed by atoms with Crippen LogP contribution >= 0.6 is 11.8 Å². The highest BCUT2D eigenvalue weighted by molar-refractivity contribution is 8.03. The van der Waals surface area contributed by atoms with E-state index in [1.54, 1.807) is 0 Å². The van der Waals surface area contributed by atoms with E-state index in [-0.39, 0.29) is 17.4 Å². The Morgan fingerprint density at radius 1 is 1.24 bits per heavy atom. The van der Waals surface area contributed by atoms with Crippen molar-refractivity contribution in [3.05, 3.63) is 81.5 Å². The molecule has 2 aromatic carbocycles. The van der Waals surface area contributed by atoms with Crippen LogP contribution < -0.4 is 15.4 Å². The zero-order chi connectivity index (χ0) is 24.1. The number of carbonyl (C=O) groups excluding carboxylic acids is 2. The molecular formula is C27H27N3O3S. The van der Waals surface area contributed by atoms with Gasteiger partial charge in [0.15, 0.2) is 5.78 Å². The number of amides is 1. The molecule has 0 bridgehead atoms. The van der Waals surface area contributed by atoms with Crippen molar-refractivity contribution in [2.45, 2.75) is 39.0 Å². The molecule has 4 rings (SSSR count). The Hall–Kier alpha value is -3.50. The molecule has 1 unspecified atom stereocenters. The van der Waals surface area contributed by atoms with Crippen LogP contribution in [0.5, 0.6) is 5.75 Å². The van der Waals surface area contributed by atoms with E-state index in [4.69, 9.17) is 4.74 Å². The first kappa shape index (κ1) is 23.7. The van der Waals surface area contributed by atoms with Crippen LogP contribution in [0.2, 0.25) is 0 Å². The molecule has 174 valence electrons. The highest BCUT2D eigenvalue weighted by atomic mass is 32.2. The highest BCUT2D eigenvalue weighted by Crippen LogP contribution is 2.44. The number of nitriles is 1. The van der Waals surface area contributed by atoms with Gasteiger partial charge in [0.2, 0.25) is 5.91 Å². The van der Waals surface area contributed by atoms with E-state index in [9.17, 15) is 14.9 Å². The zero-order valence-corrected chi connectivity index (χ0v) is 20.1. The maximum absolute atomic E-state index is 12.9. The van der Waals surface area contributed by atoms with Crippen LogP contribution in [-0.4, -0.2) is 24.1 Å². The molecule has 1 aliphatic carbocycles. The molecule has 1 aliphatic heterocycles. The first-order valence-electron chi connectivity index (χ1n) is 11.4. The van der Waals surface area contributed by atoms with Gasteiger partial charge in [-0.3, -0.25) is 9.59 Å². The summed E-state index contributed by atoms with van der Waals surface area (Å²) in [5.74, 6) is 0.357. The average molecular weight is 474 g/mol. The van der Waals surface area contributed by atoms with Crippen LogP contribution in [0, 0.1) is 18.3 Å². The molecular weight excluding hydrogens is 446 g/mol. The number of carbonyl (C=O) groups is 2. The zero-order valence-electron chi connectivity index (χ0n) is 19.3. The van der Waals surface area contributed by atoms with Crippen molar-refractivity contribution >= 4 is 29.1 Å². The summed E-state index contributed by atoms with van der Waals surface area (Å²) in [5, 5.41) is 17.0.